The zero-order valence-electron chi connectivity index (χ0n) is 20.0. The van der Waals surface area contributed by atoms with E-state index in [4.69, 9.17) is 14.1 Å². The Hall–Kier alpha value is -3.42. The van der Waals surface area contributed by atoms with E-state index in [9.17, 15) is 14.0 Å². The molecule has 3 aromatic rings. The van der Waals surface area contributed by atoms with Crippen LogP contribution in [0.5, 0.6) is 0 Å². The van der Waals surface area contributed by atoms with Crippen LogP contribution in [0, 0.1) is 5.82 Å². The molecule has 2 aromatic carbocycles. The first-order chi connectivity index (χ1) is 16.3. The van der Waals surface area contributed by atoms with Crippen molar-refractivity contribution >= 4 is 29.3 Å². The Bertz CT molecular complexity index is 1180. The normalized spacial score (nSPS) is 14.7. The lowest BCUT2D eigenvalue weighted by Crippen LogP contribution is -2.39. The van der Waals surface area contributed by atoms with Gasteiger partial charge in [0.05, 0.1) is 11.8 Å². The van der Waals surface area contributed by atoms with Gasteiger partial charge in [0, 0.05) is 25.0 Å². The van der Waals surface area contributed by atoms with Crippen LogP contribution in [-0.2, 0) is 9.53 Å². The van der Waals surface area contributed by atoms with E-state index in [1.54, 1.807) is 17.0 Å². The summed E-state index contributed by atoms with van der Waals surface area (Å²) >= 11 is 0. The highest BCUT2D eigenvalue weighted by atomic mass is 19.1. The molecule has 1 saturated heterocycles. The fourth-order valence-electron chi connectivity index (χ4n) is 4.24. The van der Waals surface area contributed by atoms with E-state index in [-0.39, 0.29) is 29.8 Å². The summed E-state index contributed by atoms with van der Waals surface area (Å²) in [5.41, 5.74) is 3.13. The van der Waals surface area contributed by atoms with Crippen LogP contribution in [0.4, 0.5) is 14.9 Å². The zero-order chi connectivity index (χ0) is 24.4. The average molecular weight is 468 g/mol. The van der Waals surface area contributed by atoms with Gasteiger partial charge >= 0.3 is 6.09 Å². The first-order valence-electron chi connectivity index (χ1n) is 11.7. The second kappa shape index (κ2) is 9.83. The fourth-order valence-corrected chi connectivity index (χ4v) is 4.24. The molecule has 4 rings (SSSR count). The number of nitrogens with zero attached hydrogens (tertiary/aromatic N) is 3. The van der Waals surface area contributed by atoms with Crippen molar-refractivity contribution in [3.8, 4) is 11.1 Å². The first kappa shape index (κ1) is 23.7. The Kier molecular flexibility index (Phi) is 6.86. The molecule has 7 nitrogen and oxygen atoms in total. The summed E-state index contributed by atoms with van der Waals surface area (Å²) in [5.74, 6) is 0.326. The minimum Gasteiger partial charge on any atom is -0.447 e. The number of ether oxygens (including phenoxy) is 1. The quantitative estimate of drug-likeness (QED) is 0.433. The van der Waals surface area contributed by atoms with Gasteiger partial charge < -0.3 is 19.0 Å². The summed E-state index contributed by atoms with van der Waals surface area (Å²) < 4.78 is 26.1. The van der Waals surface area contributed by atoms with Crippen molar-refractivity contribution in [2.24, 2.45) is 0 Å². The van der Waals surface area contributed by atoms with Crippen molar-refractivity contribution in [2.45, 2.75) is 58.6 Å². The summed E-state index contributed by atoms with van der Waals surface area (Å²) in [4.78, 5) is 31.2. The third-order valence-electron chi connectivity index (χ3n) is 6.07. The van der Waals surface area contributed by atoms with E-state index in [0.29, 0.717) is 42.1 Å². The molecule has 34 heavy (non-hydrogen) atoms. The molecule has 1 aliphatic rings. The third-order valence-corrected chi connectivity index (χ3v) is 6.07. The summed E-state index contributed by atoms with van der Waals surface area (Å²) in [7, 11) is 0. The van der Waals surface area contributed by atoms with Gasteiger partial charge in [-0.3, -0.25) is 4.79 Å². The van der Waals surface area contributed by atoms with Gasteiger partial charge in [0.15, 0.2) is 11.5 Å². The maximum Gasteiger partial charge on any atom is 0.410 e. The Morgan fingerprint density at radius 2 is 1.82 bits per heavy atom. The van der Waals surface area contributed by atoms with Crippen molar-refractivity contribution < 1.29 is 23.1 Å². The number of rotatable bonds is 6. The predicted octanol–water partition coefficient (Wildman–Crippen LogP) is 5.73. The molecule has 0 unspecified atom stereocenters. The number of piperidine rings is 1. The van der Waals surface area contributed by atoms with Crippen LogP contribution in [0.1, 0.15) is 52.3 Å². The third kappa shape index (κ3) is 4.90. The molecule has 1 aliphatic heterocycles. The number of likely N-dealkylation sites (tertiary alicyclic amines) is 1. The van der Waals surface area contributed by atoms with Crippen molar-refractivity contribution in [1.29, 1.82) is 0 Å². The highest BCUT2D eigenvalue weighted by Crippen LogP contribution is 2.33. The lowest BCUT2D eigenvalue weighted by atomic mass is 9.97. The van der Waals surface area contributed by atoms with Gasteiger partial charge in [-0.05, 0) is 75.9 Å². The number of benzene rings is 2. The monoisotopic (exact) mass is 467 g/mol. The molecule has 2 amide bonds. The topological polar surface area (TPSA) is 75.9 Å². The zero-order valence-corrected chi connectivity index (χ0v) is 20.0. The van der Waals surface area contributed by atoms with E-state index < -0.39 is 5.82 Å². The van der Waals surface area contributed by atoms with Gasteiger partial charge in [-0.1, -0.05) is 12.1 Å². The van der Waals surface area contributed by atoms with Gasteiger partial charge in [-0.15, -0.1) is 0 Å². The number of halogens is 1. The summed E-state index contributed by atoms with van der Waals surface area (Å²) in [6, 6.07) is 10.3. The van der Waals surface area contributed by atoms with Crippen molar-refractivity contribution in [3.63, 3.8) is 0 Å². The SMILES string of the molecule is CC(C)OC(=O)N1CCC(c2nc3cc(-c4ccc(N(C=O)C(C)C)c(F)c4)ccc3o2)CC1. The molecular weight excluding hydrogens is 437 g/mol. The Balaban J connectivity index is 1.50. The van der Waals surface area contributed by atoms with E-state index >= 15 is 0 Å². The van der Waals surface area contributed by atoms with Crippen LogP contribution in [0.15, 0.2) is 40.8 Å². The second-order valence-electron chi connectivity index (χ2n) is 9.20. The van der Waals surface area contributed by atoms with Gasteiger partial charge in [0.25, 0.3) is 0 Å². The lowest BCUT2D eigenvalue weighted by molar-refractivity contribution is -0.107. The number of anilines is 1. The number of amides is 2. The van der Waals surface area contributed by atoms with Gasteiger partial charge in [-0.2, -0.15) is 0 Å². The number of fused-ring (bicyclic) bond motifs is 1. The fraction of sp³-hybridized carbons (Fsp3) is 0.423. The lowest BCUT2D eigenvalue weighted by Gasteiger charge is -2.30. The standard InChI is InChI=1S/C26H30FN3O4/c1-16(2)30(15-31)23-7-5-19(13-21(23)27)20-6-8-24-22(14-20)28-25(34-24)18-9-11-29(12-10-18)26(32)33-17(3)4/h5-8,13-18H,9-12H2,1-4H3. The number of hydrogen-bond acceptors (Lipinski definition) is 5. The molecule has 0 saturated carbocycles. The molecule has 180 valence electrons. The van der Waals surface area contributed by atoms with Crippen molar-refractivity contribution in [1.82, 2.24) is 9.88 Å². The van der Waals surface area contributed by atoms with Gasteiger partial charge in [0.2, 0.25) is 6.41 Å². The van der Waals surface area contributed by atoms with Crippen LogP contribution in [0.2, 0.25) is 0 Å². The molecule has 0 radical (unpaired) electrons. The maximum absolute atomic E-state index is 14.8. The molecule has 1 aromatic heterocycles. The van der Waals surface area contributed by atoms with Crippen LogP contribution in [0.25, 0.3) is 22.2 Å². The van der Waals surface area contributed by atoms with Crippen LogP contribution >= 0.6 is 0 Å². The molecule has 0 N–H and O–H groups in total. The smallest absolute Gasteiger partial charge is 0.410 e. The minimum absolute atomic E-state index is 0.126. The summed E-state index contributed by atoms with van der Waals surface area (Å²) in [6.45, 7) is 8.54. The van der Waals surface area contributed by atoms with E-state index in [2.05, 4.69) is 0 Å². The predicted molar refractivity (Wildman–Crippen MR) is 128 cm³/mol. The average Bonchev–Trinajstić information content (AvgIpc) is 3.23. The van der Waals surface area contributed by atoms with Gasteiger partial charge in [-0.25, -0.2) is 14.2 Å². The van der Waals surface area contributed by atoms with Crippen LogP contribution in [0.3, 0.4) is 0 Å². The first-order valence-corrected chi connectivity index (χ1v) is 11.7. The highest BCUT2D eigenvalue weighted by molar-refractivity contribution is 5.82. The number of oxazole rings is 1. The minimum atomic E-state index is -0.456. The van der Waals surface area contributed by atoms with E-state index in [1.165, 1.54) is 11.0 Å². The molecular formula is C26H30FN3O4. The summed E-state index contributed by atoms with van der Waals surface area (Å²) in [6.07, 6.45) is 1.73. The number of carbonyl (C=O) groups is 2. The maximum atomic E-state index is 14.8. The molecule has 8 heteroatoms. The van der Waals surface area contributed by atoms with E-state index in [1.807, 2.05) is 45.9 Å². The number of carbonyl (C=O) groups excluding carboxylic acids is 2. The Morgan fingerprint density at radius 3 is 2.44 bits per heavy atom. The van der Waals surface area contributed by atoms with Gasteiger partial charge in [0.1, 0.15) is 11.3 Å². The molecule has 0 bridgehead atoms. The number of aromatic nitrogens is 1. The summed E-state index contributed by atoms with van der Waals surface area (Å²) in [5, 5.41) is 0. The van der Waals surface area contributed by atoms with Crippen molar-refractivity contribution in [3.05, 3.63) is 48.1 Å². The van der Waals surface area contributed by atoms with Crippen molar-refractivity contribution in [2.75, 3.05) is 18.0 Å². The largest absolute Gasteiger partial charge is 0.447 e. The van der Waals surface area contributed by atoms with E-state index in [0.717, 1.165) is 18.4 Å². The van der Waals surface area contributed by atoms with Crippen LogP contribution < -0.4 is 4.90 Å². The molecule has 0 atom stereocenters. The Labute approximate surface area is 198 Å². The number of hydrogen-bond donors (Lipinski definition) is 0. The van der Waals surface area contributed by atoms with Crippen LogP contribution in [-0.4, -0.2) is 47.6 Å². The molecule has 0 aliphatic carbocycles. The second-order valence-corrected chi connectivity index (χ2v) is 9.20. The highest BCUT2D eigenvalue weighted by Gasteiger charge is 2.28. The molecule has 2 heterocycles. The Morgan fingerprint density at radius 1 is 1.15 bits per heavy atom. The molecule has 0 spiro atoms. The molecule has 1 fully saturated rings.